The third-order valence-corrected chi connectivity index (χ3v) is 3.86. The van der Waals surface area contributed by atoms with Crippen molar-refractivity contribution >= 4 is 0 Å². The summed E-state index contributed by atoms with van der Waals surface area (Å²) in [5.41, 5.74) is 1.33. The number of imidazole rings is 1. The molecule has 17 heavy (non-hydrogen) atoms. The number of hydrogen-bond acceptors (Lipinski definition) is 2. The summed E-state index contributed by atoms with van der Waals surface area (Å²) >= 11 is 0. The molecule has 2 atom stereocenters. The van der Waals surface area contributed by atoms with E-state index < -0.39 is 0 Å². The van der Waals surface area contributed by atoms with Crippen LogP contribution in [0.1, 0.15) is 58.2 Å². The van der Waals surface area contributed by atoms with Crippen LogP contribution in [0.4, 0.5) is 0 Å². The second-order valence-electron chi connectivity index (χ2n) is 5.66. The molecule has 1 aliphatic carbocycles. The normalized spacial score (nSPS) is 25.4. The molecule has 96 valence electrons. The van der Waals surface area contributed by atoms with Crippen LogP contribution in [0.5, 0.6) is 0 Å². The van der Waals surface area contributed by atoms with Gasteiger partial charge in [-0.05, 0) is 18.8 Å². The van der Waals surface area contributed by atoms with E-state index in [0.29, 0.717) is 12.1 Å². The van der Waals surface area contributed by atoms with Gasteiger partial charge in [0.05, 0.1) is 12.0 Å². The highest BCUT2D eigenvalue weighted by Crippen LogP contribution is 2.34. The van der Waals surface area contributed by atoms with Crippen molar-refractivity contribution in [1.29, 1.82) is 0 Å². The fourth-order valence-corrected chi connectivity index (χ4v) is 2.79. The van der Waals surface area contributed by atoms with Crippen molar-refractivity contribution in [2.75, 3.05) is 0 Å². The highest BCUT2D eigenvalue weighted by molar-refractivity contribution is 5.01. The molecular weight excluding hydrogens is 210 g/mol. The zero-order valence-corrected chi connectivity index (χ0v) is 11.3. The van der Waals surface area contributed by atoms with Gasteiger partial charge in [0.15, 0.2) is 0 Å². The molecule has 3 nitrogen and oxygen atoms in total. The Balaban J connectivity index is 2.06. The van der Waals surface area contributed by atoms with Gasteiger partial charge in [-0.2, -0.15) is 0 Å². The van der Waals surface area contributed by atoms with Crippen molar-refractivity contribution < 1.29 is 0 Å². The van der Waals surface area contributed by atoms with E-state index in [4.69, 9.17) is 0 Å². The summed E-state index contributed by atoms with van der Waals surface area (Å²) in [5, 5.41) is 3.48. The van der Waals surface area contributed by atoms with Gasteiger partial charge >= 0.3 is 0 Å². The quantitative estimate of drug-likeness (QED) is 0.869. The minimum Gasteiger partial charge on any atom is -0.330 e. The first kappa shape index (κ1) is 12.6. The van der Waals surface area contributed by atoms with E-state index in [-0.39, 0.29) is 0 Å². The highest BCUT2D eigenvalue weighted by atomic mass is 15.1. The maximum absolute atomic E-state index is 4.33. The lowest BCUT2D eigenvalue weighted by Gasteiger charge is -2.31. The van der Waals surface area contributed by atoms with E-state index in [1.807, 2.05) is 12.5 Å². The topological polar surface area (TPSA) is 29.9 Å². The van der Waals surface area contributed by atoms with Crippen molar-refractivity contribution in [2.24, 2.45) is 5.92 Å². The lowest BCUT2D eigenvalue weighted by Crippen LogP contribution is -2.27. The van der Waals surface area contributed by atoms with E-state index in [9.17, 15) is 0 Å². The molecule has 0 amide bonds. The molecule has 0 aliphatic heterocycles. The van der Waals surface area contributed by atoms with Crippen LogP contribution in [0, 0.1) is 5.92 Å². The SMILES string of the molecule is CC(C)NCc1cncn1C1CCCCC1C. The smallest absolute Gasteiger partial charge is 0.0951 e. The van der Waals surface area contributed by atoms with E-state index in [2.05, 4.69) is 35.6 Å². The third-order valence-electron chi connectivity index (χ3n) is 3.86. The molecule has 0 radical (unpaired) electrons. The molecular formula is C14H25N3. The Hall–Kier alpha value is -0.830. The predicted molar refractivity (Wildman–Crippen MR) is 70.9 cm³/mol. The fraction of sp³-hybridized carbons (Fsp3) is 0.786. The summed E-state index contributed by atoms with van der Waals surface area (Å²) < 4.78 is 2.40. The molecule has 1 aromatic rings. The van der Waals surface area contributed by atoms with Gasteiger partial charge in [-0.25, -0.2) is 4.98 Å². The molecule has 2 rings (SSSR count). The summed E-state index contributed by atoms with van der Waals surface area (Å²) in [7, 11) is 0. The van der Waals surface area contributed by atoms with Gasteiger partial charge in [0.1, 0.15) is 0 Å². The molecule has 1 fully saturated rings. The van der Waals surface area contributed by atoms with Crippen molar-refractivity contribution in [3.05, 3.63) is 18.2 Å². The molecule has 1 heterocycles. The van der Waals surface area contributed by atoms with Crippen molar-refractivity contribution in [1.82, 2.24) is 14.9 Å². The highest BCUT2D eigenvalue weighted by Gasteiger charge is 2.24. The molecule has 3 heteroatoms. The van der Waals surface area contributed by atoms with Crippen LogP contribution < -0.4 is 5.32 Å². The standard InChI is InChI=1S/C14H25N3/c1-11(2)16-9-13-8-15-10-17(13)14-7-5-4-6-12(14)3/h8,10-12,14,16H,4-7,9H2,1-3H3. The molecule has 0 bridgehead atoms. The third kappa shape index (κ3) is 3.09. The largest absolute Gasteiger partial charge is 0.330 e. The summed E-state index contributed by atoms with van der Waals surface area (Å²) in [6.45, 7) is 7.68. The second kappa shape index (κ2) is 5.67. The lowest BCUT2D eigenvalue weighted by molar-refractivity contribution is 0.251. The first-order chi connectivity index (χ1) is 8.18. The van der Waals surface area contributed by atoms with Gasteiger partial charge in [0.25, 0.3) is 0 Å². The van der Waals surface area contributed by atoms with Crippen LogP contribution in [0.15, 0.2) is 12.5 Å². The average molecular weight is 235 g/mol. The number of rotatable bonds is 4. The maximum Gasteiger partial charge on any atom is 0.0951 e. The molecule has 0 saturated heterocycles. The van der Waals surface area contributed by atoms with E-state index in [0.717, 1.165) is 12.5 Å². The number of aromatic nitrogens is 2. The Kier molecular flexibility index (Phi) is 4.21. The molecule has 0 aromatic carbocycles. The zero-order chi connectivity index (χ0) is 12.3. The Morgan fingerprint density at radius 3 is 2.88 bits per heavy atom. The maximum atomic E-state index is 4.33. The van der Waals surface area contributed by atoms with Crippen LogP contribution in [0.25, 0.3) is 0 Å². The van der Waals surface area contributed by atoms with Crippen molar-refractivity contribution in [3.63, 3.8) is 0 Å². The summed E-state index contributed by atoms with van der Waals surface area (Å²) in [6.07, 6.45) is 9.46. The van der Waals surface area contributed by atoms with Crippen LogP contribution in [-0.2, 0) is 6.54 Å². The summed E-state index contributed by atoms with van der Waals surface area (Å²) in [6, 6.07) is 1.19. The summed E-state index contributed by atoms with van der Waals surface area (Å²) in [5.74, 6) is 0.788. The molecule has 1 saturated carbocycles. The monoisotopic (exact) mass is 235 g/mol. The van der Waals surface area contributed by atoms with Crippen LogP contribution >= 0.6 is 0 Å². The Labute approximate surface area is 105 Å². The van der Waals surface area contributed by atoms with Gasteiger partial charge < -0.3 is 9.88 Å². The molecule has 1 N–H and O–H groups in total. The van der Waals surface area contributed by atoms with Gasteiger partial charge in [0.2, 0.25) is 0 Å². The molecule has 0 spiro atoms. The van der Waals surface area contributed by atoms with E-state index >= 15 is 0 Å². The van der Waals surface area contributed by atoms with E-state index in [1.165, 1.54) is 31.4 Å². The molecule has 1 aliphatic rings. The first-order valence-electron chi connectivity index (χ1n) is 6.92. The van der Waals surface area contributed by atoms with Crippen LogP contribution in [0.3, 0.4) is 0 Å². The van der Waals surface area contributed by atoms with Gasteiger partial charge in [-0.3, -0.25) is 0 Å². The molecule has 1 aromatic heterocycles. The predicted octanol–water partition coefficient (Wildman–Crippen LogP) is 3.13. The Morgan fingerprint density at radius 2 is 2.18 bits per heavy atom. The van der Waals surface area contributed by atoms with Gasteiger partial charge in [0, 0.05) is 24.8 Å². The average Bonchev–Trinajstić information content (AvgIpc) is 2.75. The number of hydrogen-bond donors (Lipinski definition) is 1. The zero-order valence-electron chi connectivity index (χ0n) is 11.3. The first-order valence-corrected chi connectivity index (χ1v) is 6.92. The number of nitrogens with one attached hydrogen (secondary N) is 1. The minimum absolute atomic E-state index is 0.530. The lowest BCUT2D eigenvalue weighted by atomic mass is 9.85. The Morgan fingerprint density at radius 1 is 1.41 bits per heavy atom. The van der Waals surface area contributed by atoms with Gasteiger partial charge in [-0.15, -0.1) is 0 Å². The fourth-order valence-electron chi connectivity index (χ4n) is 2.79. The van der Waals surface area contributed by atoms with Crippen molar-refractivity contribution in [2.45, 2.75) is 65.1 Å². The van der Waals surface area contributed by atoms with Crippen LogP contribution in [-0.4, -0.2) is 15.6 Å². The number of nitrogens with zero attached hydrogens (tertiary/aromatic N) is 2. The minimum atomic E-state index is 0.530. The summed E-state index contributed by atoms with van der Waals surface area (Å²) in [4.78, 5) is 4.33. The van der Waals surface area contributed by atoms with Crippen LogP contribution in [0.2, 0.25) is 0 Å². The second-order valence-corrected chi connectivity index (χ2v) is 5.66. The molecule has 2 unspecified atom stereocenters. The Bertz CT molecular complexity index is 343. The van der Waals surface area contributed by atoms with E-state index in [1.54, 1.807) is 0 Å². The van der Waals surface area contributed by atoms with Crippen molar-refractivity contribution in [3.8, 4) is 0 Å². The van der Waals surface area contributed by atoms with Gasteiger partial charge in [-0.1, -0.05) is 33.6 Å².